The second-order valence-corrected chi connectivity index (χ2v) is 4.42. The zero-order valence-electron chi connectivity index (χ0n) is 11.8. The molecule has 8 heteroatoms. The molecule has 0 heterocycles. The summed E-state index contributed by atoms with van der Waals surface area (Å²) in [6, 6.07) is 11.1. The Labute approximate surface area is 130 Å². The molecule has 0 fully saturated rings. The van der Waals surface area contributed by atoms with Gasteiger partial charge >= 0.3 is 0 Å². The van der Waals surface area contributed by atoms with Gasteiger partial charge in [0.25, 0.3) is 11.6 Å². The first kappa shape index (κ1) is 16.1. The third-order valence-electron chi connectivity index (χ3n) is 2.68. The van der Waals surface area contributed by atoms with E-state index >= 15 is 0 Å². The second-order valence-electron chi connectivity index (χ2n) is 4.42. The number of nitrogens with one attached hydrogen (secondary N) is 1. The third kappa shape index (κ3) is 5.20. The fraction of sp³-hybridized carbons (Fsp3) is 0.0667. The highest BCUT2D eigenvalue weighted by molar-refractivity contribution is 5.91. The van der Waals surface area contributed by atoms with E-state index in [4.69, 9.17) is 4.84 Å². The molecule has 0 aliphatic rings. The predicted molar refractivity (Wildman–Crippen MR) is 81.7 cm³/mol. The molecule has 0 aliphatic carbocycles. The van der Waals surface area contributed by atoms with Gasteiger partial charge in [0.2, 0.25) is 0 Å². The summed E-state index contributed by atoms with van der Waals surface area (Å²) in [5, 5.41) is 16.7. The number of benzene rings is 2. The van der Waals surface area contributed by atoms with Crippen molar-refractivity contribution in [3.8, 4) is 0 Å². The van der Waals surface area contributed by atoms with E-state index in [2.05, 4.69) is 10.5 Å². The molecule has 1 N–H and O–H groups in total. The van der Waals surface area contributed by atoms with Gasteiger partial charge in [-0.15, -0.1) is 0 Å². The number of halogens is 1. The summed E-state index contributed by atoms with van der Waals surface area (Å²) < 4.78 is 12.7. The molecule has 118 valence electrons. The van der Waals surface area contributed by atoms with E-state index in [1.807, 2.05) is 0 Å². The van der Waals surface area contributed by atoms with Gasteiger partial charge in [0.15, 0.2) is 6.61 Å². The van der Waals surface area contributed by atoms with Crippen molar-refractivity contribution in [3.63, 3.8) is 0 Å². The summed E-state index contributed by atoms with van der Waals surface area (Å²) in [4.78, 5) is 26.5. The van der Waals surface area contributed by atoms with Crippen LogP contribution in [-0.4, -0.2) is 23.7 Å². The number of hydrogen-bond donors (Lipinski definition) is 1. The molecule has 0 unspecified atom stereocenters. The first-order valence-corrected chi connectivity index (χ1v) is 6.50. The lowest BCUT2D eigenvalue weighted by Gasteiger charge is -2.03. The molecule has 2 rings (SSSR count). The average Bonchev–Trinajstić information content (AvgIpc) is 2.54. The number of carbonyl (C=O) groups excluding carboxylic acids is 1. The molecule has 0 radical (unpaired) electrons. The molecule has 0 aromatic heterocycles. The van der Waals surface area contributed by atoms with Gasteiger partial charge in [-0.25, -0.2) is 4.39 Å². The van der Waals surface area contributed by atoms with Crippen LogP contribution in [0.25, 0.3) is 0 Å². The number of oxime groups is 1. The number of anilines is 1. The van der Waals surface area contributed by atoms with Crippen LogP contribution >= 0.6 is 0 Å². The molecule has 0 saturated carbocycles. The third-order valence-corrected chi connectivity index (χ3v) is 2.68. The minimum absolute atomic E-state index is 0.0667. The first-order valence-electron chi connectivity index (χ1n) is 6.50. The SMILES string of the molecule is O=C(CO/N=C/c1cccc([N+](=O)[O-])c1)Nc1ccc(F)cc1. The highest BCUT2D eigenvalue weighted by Gasteiger charge is 2.05. The van der Waals surface area contributed by atoms with Crippen molar-refractivity contribution in [1.82, 2.24) is 0 Å². The number of carbonyl (C=O) groups is 1. The van der Waals surface area contributed by atoms with Gasteiger partial charge in [-0.3, -0.25) is 14.9 Å². The number of nitro groups is 1. The topological polar surface area (TPSA) is 93.8 Å². The lowest BCUT2D eigenvalue weighted by molar-refractivity contribution is -0.384. The molecule has 0 saturated heterocycles. The molecular formula is C15H12FN3O4. The Morgan fingerprint density at radius 3 is 2.74 bits per heavy atom. The van der Waals surface area contributed by atoms with Gasteiger partial charge in [0.1, 0.15) is 5.82 Å². The minimum atomic E-state index is -0.520. The summed E-state index contributed by atoms with van der Waals surface area (Å²) in [7, 11) is 0. The van der Waals surface area contributed by atoms with Gasteiger partial charge < -0.3 is 10.2 Å². The van der Waals surface area contributed by atoms with Crippen molar-refractivity contribution >= 4 is 23.5 Å². The summed E-state index contributed by atoms with van der Waals surface area (Å²) >= 11 is 0. The smallest absolute Gasteiger partial charge is 0.270 e. The average molecular weight is 317 g/mol. The molecule has 23 heavy (non-hydrogen) atoms. The van der Waals surface area contributed by atoms with Gasteiger partial charge in [-0.1, -0.05) is 17.3 Å². The summed E-state index contributed by atoms with van der Waals surface area (Å²) in [5.74, 6) is -0.867. The predicted octanol–water partition coefficient (Wildman–Crippen LogP) is 2.72. The minimum Gasteiger partial charge on any atom is -0.386 e. The summed E-state index contributed by atoms with van der Waals surface area (Å²) in [6.07, 6.45) is 1.26. The van der Waals surface area contributed by atoms with Crippen LogP contribution < -0.4 is 5.32 Å². The van der Waals surface area contributed by atoms with Crippen molar-refractivity contribution < 1.29 is 18.9 Å². The lowest BCUT2D eigenvalue weighted by Crippen LogP contribution is -2.16. The number of nitro benzene ring substituents is 1. The zero-order chi connectivity index (χ0) is 16.7. The van der Waals surface area contributed by atoms with E-state index in [1.54, 1.807) is 6.07 Å². The van der Waals surface area contributed by atoms with Crippen LogP contribution in [0.4, 0.5) is 15.8 Å². The monoisotopic (exact) mass is 317 g/mol. The van der Waals surface area contributed by atoms with Gasteiger partial charge in [-0.05, 0) is 24.3 Å². The maximum Gasteiger partial charge on any atom is 0.270 e. The summed E-state index contributed by atoms with van der Waals surface area (Å²) in [5.41, 5.74) is 0.837. The van der Waals surface area contributed by atoms with Crippen LogP contribution in [0.5, 0.6) is 0 Å². The van der Waals surface area contributed by atoms with Crippen LogP contribution in [-0.2, 0) is 9.63 Å². The highest BCUT2D eigenvalue weighted by atomic mass is 19.1. The quantitative estimate of drug-likeness (QED) is 0.503. The molecule has 2 aromatic rings. The van der Waals surface area contributed by atoms with Crippen molar-refractivity contribution in [2.45, 2.75) is 0 Å². The Balaban J connectivity index is 1.82. The van der Waals surface area contributed by atoms with Crippen LogP contribution in [0.2, 0.25) is 0 Å². The van der Waals surface area contributed by atoms with E-state index in [0.717, 1.165) is 0 Å². The number of hydrogen-bond acceptors (Lipinski definition) is 5. The molecule has 2 aromatic carbocycles. The zero-order valence-corrected chi connectivity index (χ0v) is 11.8. The van der Waals surface area contributed by atoms with Crippen LogP contribution in [0.15, 0.2) is 53.7 Å². The van der Waals surface area contributed by atoms with Crippen molar-refractivity contribution in [2.24, 2.45) is 5.16 Å². The van der Waals surface area contributed by atoms with Gasteiger partial charge in [-0.2, -0.15) is 0 Å². The first-order chi connectivity index (χ1) is 11.0. The van der Waals surface area contributed by atoms with Crippen LogP contribution in [0.1, 0.15) is 5.56 Å². The number of nitrogens with zero attached hydrogens (tertiary/aromatic N) is 2. The Morgan fingerprint density at radius 2 is 2.04 bits per heavy atom. The van der Waals surface area contributed by atoms with E-state index in [-0.39, 0.29) is 12.3 Å². The van der Waals surface area contributed by atoms with E-state index in [9.17, 15) is 19.3 Å². The summed E-state index contributed by atoms with van der Waals surface area (Å²) in [6.45, 7) is -0.344. The molecular weight excluding hydrogens is 305 g/mol. The molecule has 0 spiro atoms. The van der Waals surface area contributed by atoms with Crippen LogP contribution in [0, 0.1) is 15.9 Å². The molecule has 1 amide bonds. The molecule has 7 nitrogen and oxygen atoms in total. The Bertz CT molecular complexity index is 732. The van der Waals surface area contributed by atoms with Crippen LogP contribution in [0.3, 0.4) is 0 Å². The number of amides is 1. The molecule has 0 atom stereocenters. The highest BCUT2D eigenvalue weighted by Crippen LogP contribution is 2.11. The maximum atomic E-state index is 12.7. The Morgan fingerprint density at radius 1 is 1.30 bits per heavy atom. The normalized spacial score (nSPS) is 10.5. The van der Waals surface area contributed by atoms with E-state index in [0.29, 0.717) is 11.3 Å². The standard InChI is InChI=1S/C15H12FN3O4/c16-12-4-6-13(7-5-12)18-15(20)10-23-17-9-11-2-1-3-14(8-11)19(21)22/h1-9H,10H2,(H,18,20)/b17-9+. The molecule has 0 aliphatic heterocycles. The van der Waals surface area contributed by atoms with Gasteiger partial charge in [0.05, 0.1) is 11.1 Å². The number of rotatable bonds is 6. The Hall–Kier alpha value is -3.29. The largest absolute Gasteiger partial charge is 0.386 e. The van der Waals surface area contributed by atoms with E-state index in [1.165, 1.54) is 48.7 Å². The fourth-order valence-corrected chi connectivity index (χ4v) is 1.64. The van der Waals surface area contributed by atoms with E-state index < -0.39 is 16.6 Å². The van der Waals surface area contributed by atoms with Crippen molar-refractivity contribution in [3.05, 3.63) is 70.0 Å². The van der Waals surface area contributed by atoms with Crippen molar-refractivity contribution in [1.29, 1.82) is 0 Å². The Kier molecular flexibility index (Phi) is 5.35. The molecule has 0 bridgehead atoms. The fourth-order valence-electron chi connectivity index (χ4n) is 1.64. The van der Waals surface area contributed by atoms with Gasteiger partial charge in [0, 0.05) is 23.4 Å². The second kappa shape index (κ2) is 7.64. The van der Waals surface area contributed by atoms with Crippen molar-refractivity contribution in [2.75, 3.05) is 11.9 Å². The number of non-ortho nitro benzene ring substituents is 1. The lowest BCUT2D eigenvalue weighted by atomic mass is 10.2. The maximum absolute atomic E-state index is 12.7.